The van der Waals surface area contributed by atoms with E-state index in [0.29, 0.717) is 0 Å². The summed E-state index contributed by atoms with van der Waals surface area (Å²) in [6.07, 6.45) is -2.83. The van der Waals surface area contributed by atoms with Crippen LogP contribution < -0.4 is 5.32 Å². The lowest BCUT2D eigenvalue weighted by molar-refractivity contribution is -0.277. The van der Waals surface area contributed by atoms with Crippen molar-refractivity contribution < 1.29 is 28.2 Å². The van der Waals surface area contributed by atoms with E-state index >= 15 is 0 Å². The van der Waals surface area contributed by atoms with Crippen LogP contribution in [0.25, 0.3) is 0 Å². The van der Waals surface area contributed by atoms with E-state index in [2.05, 4.69) is 5.32 Å². The molecule has 3 rings (SSSR count). The Balaban J connectivity index is 1.98. The molecule has 114 valence electrons. The molecule has 3 fully saturated rings. The van der Waals surface area contributed by atoms with Crippen LogP contribution in [0, 0.1) is 10.8 Å². The number of hydrogen-bond acceptors (Lipinski definition) is 3. The molecule has 0 radical (unpaired) electrons. The lowest BCUT2D eigenvalue weighted by Crippen LogP contribution is -2.73. The number of carbonyl (C=O) groups excluding carboxylic acids is 1. The summed E-state index contributed by atoms with van der Waals surface area (Å²) in [4.78, 5) is 22.9. The minimum atomic E-state index is -2.43. The normalized spacial score (nSPS) is 32.9. The third-order valence-electron chi connectivity index (χ3n) is 4.10. The number of nitrogens with one attached hydrogen (secondary N) is 1. The minimum Gasteiger partial charge on any atom is -0.480 e. The lowest BCUT2D eigenvalue weighted by Gasteiger charge is -2.71. The summed E-state index contributed by atoms with van der Waals surface area (Å²) in [6, 6.07) is -1.17. The first-order valence-corrected chi connectivity index (χ1v) is 6.50. The fraction of sp³-hybridized carbons (Fsp3) is 0.846. The molecular formula is C13H19F2NO4. The van der Waals surface area contributed by atoms with Gasteiger partial charge in [-0.25, -0.2) is 18.4 Å². The van der Waals surface area contributed by atoms with E-state index in [1.807, 2.05) is 0 Å². The fourth-order valence-corrected chi connectivity index (χ4v) is 3.39. The van der Waals surface area contributed by atoms with Gasteiger partial charge in [-0.05, 0) is 40.0 Å². The maximum absolute atomic E-state index is 12.8. The first-order chi connectivity index (χ1) is 9.00. The standard InChI is InChI=1S/C13H19F2NO4/c1-11(2,3)20-10(19)16-7(8(17)18)12-4-13(5-12,6-12)9(14)15/h7,9H,4-6H2,1-3H3,(H,16,19)(H,17,18)/t7-,12?,13?/m1/s1. The van der Waals surface area contributed by atoms with Crippen LogP contribution in [0.3, 0.4) is 0 Å². The van der Waals surface area contributed by atoms with E-state index in [1.54, 1.807) is 20.8 Å². The summed E-state index contributed by atoms with van der Waals surface area (Å²) in [5.41, 5.74) is -2.50. The second-order valence-corrected chi connectivity index (χ2v) is 6.97. The number of alkyl carbamates (subject to hydrolysis) is 1. The Bertz CT molecular complexity index is 424. The van der Waals surface area contributed by atoms with Gasteiger partial charge < -0.3 is 15.2 Å². The minimum absolute atomic E-state index is 0.143. The Hall–Kier alpha value is -1.40. The van der Waals surface area contributed by atoms with Gasteiger partial charge >= 0.3 is 12.1 Å². The lowest BCUT2D eigenvalue weighted by atomic mass is 9.33. The zero-order chi connectivity index (χ0) is 15.3. The SMILES string of the molecule is CC(C)(C)OC(=O)N[C@H](C(=O)O)C12CC(C(F)F)(C1)C2. The van der Waals surface area contributed by atoms with Gasteiger partial charge in [0.05, 0.1) is 0 Å². The third kappa shape index (κ3) is 2.33. The number of carboxylic acids is 1. The van der Waals surface area contributed by atoms with Crippen molar-refractivity contribution in [3.63, 3.8) is 0 Å². The first kappa shape index (κ1) is 15.0. The Morgan fingerprint density at radius 1 is 1.20 bits per heavy atom. The van der Waals surface area contributed by atoms with E-state index in [4.69, 9.17) is 4.74 Å². The molecule has 0 aliphatic heterocycles. The molecule has 5 nitrogen and oxygen atoms in total. The quantitative estimate of drug-likeness (QED) is 0.834. The van der Waals surface area contributed by atoms with Crippen molar-refractivity contribution in [2.24, 2.45) is 10.8 Å². The van der Waals surface area contributed by atoms with Crippen LogP contribution in [-0.2, 0) is 9.53 Å². The van der Waals surface area contributed by atoms with Crippen LogP contribution in [0.15, 0.2) is 0 Å². The van der Waals surface area contributed by atoms with E-state index < -0.39 is 41.0 Å². The van der Waals surface area contributed by atoms with Crippen LogP contribution in [0.4, 0.5) is 13.6 Å². The molecule has 0 aromatic rings. The topological polar surface area (TPSA) is 75.6 Å². The highest BCUT2D eigenvalue weighted by Crippen LogP contribution is 2.76. The van der Waals surface area contributed by atoms with E-state index in [0.717, 1.165) is 0 Å². The van der Waals surface area contributed by atoms with Gasteiger partial charge in [0, 0.05) is 10.8 Å². The van der Waals surface area contributed by atoms with E-state index in [1.165, 1.54) is 0 Å². The summed E-state index contributed by atoms with van der Waals surface area (Å²) in [5.74, 6) is -1.21. The maximum atomic E-state index is 12.8. The number of rotatable bonds is 4. The van der Waals surface area contributed by atoms with Crippen molar-refractivity contribution in [2.75, 3.05) is 0 Å². The van der Waals surface area contributed by atoms with Gasteiger partial charge in [-0.3, -0.25) is 0 Å². The van der Waals surface area contributed by atoms with Crippen molar-refractivity contribution in [1.29, 1.82) is 0 Å². The molecule has 2 bridgehead atoms. The summed E-state index contributed by atoms with van der Waals surface area (Å²) in [5, 5.41) is 11.5. The number of hydrogen-bond donors (Lipinski definition) is 2. The number of aliphatic carboxylic acids is 1. The summed E-state index contributed by atoms with van der Waals surface area (Å²) < 4.78 is 30.5. The second kappa shape index (κ2) is 4.30. The molecule has 7 heteroatoms. The molecule has 0 aromatic carbocycles. The van der Waals surface area contributed by atoms with Crippen molar-refractivity contribution in [3.05, 3.63) is 0 Å². The number of halogens is 2. The molecule has 2 N–H and O–H groups in total. The monoisotopic (exact) mass is 291 g/mol. The number of alkyl halides is 2. The van der Waals surface area contributed by atoms with Crippen LogP contribution >= 0.6 is 0 Å². The van der Waals surface area contributed by atoms with Crippen molar-refractivity contribution in [2.45, 2.75) is 58.1 Å². The molecule has 1 atom stereocenters. The molecule has 0 unspecified atom stereocenters. The van der Waals surface area contributed by atoms with Crippen molar-refractivity contribution in [1.82, 2.24) is 5.32 Å². The van der Waals surface area contributed by atoms with Gasteiger partial charge in [-0.1, -0.05) is 0 Å². The highest BCUT2D eigenvalue weighted by molar-refractivity contribution is 5.81. The largest absolute Gasteiger partial charge is 0.480 e. The molecule has 0 spiro atoms. The molecule has 0 aromatic heterocycles. The predicted octanol–water partition coefficient (Wildman–Crippen LogP) is 2.40. The van der Waals surface area contributed by atoms with Gasteiger partial charge in [0.25, 0.3) is 0 Å². The number of amides is 1. The second-order valence-electron chi connectivity index (χ2n) is 6.97. The molecule has 20 heavy (non-hydrogen) atoms. The van der Waals surface area contributed by atoms with Crippen LogP contribution in [0.1, 0.15) is 40.0 Å². The van der Waals surface area contributed by atoms with Gasteiger partial charge in [0.15, 0.2) is 0 Å². The molecular weight excluding hydrogens is 272 g/mol. The molecule has 0 saturated heterocycles. The molecule has 3 saturated carbocycles. The van der Waals surface area contributed by atoms with Gasteiger partial charge in [0.1, 0.15) is 11.6 Å². The summed E-state index contributed by atoms with van der Waals surface area (Å²) in [7, 11) is 0. The van der Waals surface area contributed by atoms with Crippen molar-refractivity contribution >= 4 is 12.1 Å². The van der Waals surface area contributed by atoms with Gasteiger partial charge in [0.2, 0.25) is 6.43 Å². The highest BCUT2D eigenvalue weighted by Gasteiger charge is 2.75. The zero-order valence-corrected chi connectivity index (χ0v) is 11.7. The van der Waals surface area contributed by atoms with Gasteiger partial charge in [-0.15, -0.1) is 0 Å². The Labute approximate surface area is 115 Å². The zero-order valence-electron chi connectivity index (χ0n) is 11.7. The number of carbonyl (C=O) groups is 2. The molecule has 3 aliphatic rings. The Morgan fingerprint density at radius 2 is 1.70 bits per heavy atom. The third-order valence-corrected chi connectivity index (χ3v) is 4.10. The number of ether oxygens (including phenoxy) is 1. The smallest absolute Gasteiger partial charge is 0.408 e. The van der Waals surface area contributed by atoms with Crippen LogP contribution in [0.2, 0.25) is 0 Å². The molecule has 0 heterocycles. The Kier molecular flexibility index (Phi) is 3.22. The van der Waals surface area contributed by atoms with E-state index in [-0.39, 0.29) is 19.3 Å². The van der Waals surface area contributed by atoms with Crippen LogP contribution in [-0.4, -0.2) is 35.2 Å². The first-order valence-electron chi connectivity index (χ1n) is 6.50. The summed E-state index contributed by atoms with van der Waals surface area (Å²) >= 11 is 0. The average molecular weight is 291 g/mol. The average Bonchev–Trinajstić information content (AvgIpc) is 2.07. The van der Waals surface area contributed by atoms with Crippen molar-refractivity contribution in [3.8, 4) is 0 Å². The maximum Gasteiger partial charge on any atom is 0.408 e. The Morgan fingerprint density at radius 3 is 2.05 bits per heavy atom. The number of carboxylic acid groups (broad SMARTS) is 1. The van der Waals surface area contributed by atoms with E-state index in [9.17, 15) is 23.5 Å². The van der Waals surface area contributed by atoms with Gasteiger partial charge in [-0.2, -0.15) is 0 Å². The molecule has 3 aliphatic carbocycles. The highest BCUT2D eigenvalue weighted by atomic mass is 19.3. The molecule has 1 amide bonds. The predicted molar refractivity (Wildman–Crippen MR) is 65.5 cm³/mol. The summed E-state index contributed by atoms with van der Waals surface area (Å²) in [6.45, 7) is 4.99. The van der Waals surface area contributed by atoms with Crippen LogP contribution in [0.5, 0.6) is 0 Å². The fourth-order valence-electron chi connectivity index (χ4n) is 3.39.